The van der Waals surface area contributed by atoms with Crippen molar-refractivity contribution >= 4 is 52.7 Å². The monoisotopic (exact) mass is 853 g/mol. The van der Waals surface area contributed by atoms with Gasteiger partial charge in [-0.3, -0.25) is 29.5 Å². The summed E-state index contributed by atoms with van der Waals surface area (Å²) in [6.45, 7) is 10.3. The number of aryl methyl sites for hydroxylation is 3. The average molecular weight is 854 g/mol. The summed E-state index contributed by atoms with van der Waals surface area (Å²) in [5, 5.41) is 13.8. The number of piperidine rings is 1. The lowest BCUT2D eigenvalue weighted by atomic mass is 9.95. The SMILES string of the molecule is COc1cc(F)ccc1C(=O)NCc1ccc(-c2nn3c(c2C=O)Nc2ccc(N4CCN(CC5CCN(c6ccc(N7CCC(=O)NC7=O)cc6)CC5)CC4)cc2CC3)cc1C. The van der Waals surface area contributed by atoms with Gasteiger partial charge in [0.1, 0.15) is 23.1 Å². The van der Waals surface area contributed by atoms with Crippen molar-refractivity contribution < 1.29 is 28.3 Å². The van der Waals surface area contributed by atoms with Crippen molar-refractivity contribution in [1.82, 2.24) is 25.3 Å². The highest BCUT2D eigenvalue weighted by molar-refractivity contribution is 6.05. The van der Waals surface area contributed by atoms with E-state index < -0.39 is 5.82 Å². The zero-order valence-corrected chi connectivity index (χ0v) is 35.7. The molecule has 5 heterocycles. The molecule has 14 nitrogen and oxygen atoms in total. The molecule has 63 heavy (non-hydrogen) atoms. The standard InChI is InChI=1S/C48H52FN9O5/c1-31-25-34(3-4-35(31)28-50-47(61)40-11-5-36(49)27-43(40)63-2)45-41(30-59)46-51-42-12-10-39(26-33(42)15-20-58(46)53-45)56-23-21-54(22-24-56)29-32-13-17-55(18-14-32)37-6-8-38(9-7-37)57-19-16-44(60)52-48(57)62/h3-12,25-27,30,32,51H,13-24,28-29H2,1-2H3,(H,50,61)(H,52,60,62). The van der Waals surface area contributed by atoms with E-state index in [9.17, 15) is 23.6 Å². The maximum atomic E-state index is 13.7. The maximum Gasteiger partial charge on any atom is 0.328 e. The van der Waals surface area contributed by atoms with Crippen LogP contribution in [0.15, 0.2) is 78.9 Å². The number of imide groups is 1. The van der Waals surface area contributed by atoms with E-state index in [1.807, 2.05) is 41.9 Å². The molecule has 0 spiro atoms. The zero-order chi connectivity index (χ0) is 43.6. The Morgan fingerprint density at radius 3 is 2.32 bits per heavy atom. The highest BCUT2D eigenvalue weighted by Crippen LogP contribution is 2.36. The van der Waals surface area contributed by atoms with Gasteiger partial charge in [0.15, 0.2) is 6.29 Å². The number of aldehydes is 1. The predicted octanol–water partition coefficient (Wildman–Crippen LogP) is 6.53. The molecule has 3 fully saturated rings. The minimum atomic E-state index is -0.480. The van der Waals surface area contributed by atoms with Gasteiger partial charge in [0, 0.05) is 106 Å². The first-order chi connectivity index (χ1) is 30.6. The Balaban J connectivity index is 0.770. The van der Waals surface area contributed by atoms with Crippen molar-refractivity contribution in [1.29, 1.82) is 0 Å². The summed E-state index contributed by atoms with van der Waals surface area (Å²) in [4.78, 5) is 58.5. The lowest BCUT2D eigenvalue weighted by Gasteiger charge is -2.40. The Bertz CT molecular complexity index is 2540. The Hall–Kier alpha value is -6.74. The topological polar surface area (TPSA) is 144 Å². The van der Waals surface area contributed by atoms with Crippen molar-refractivity contribution in [2.45, 2.75) is 45.7 Å². The van der Waals surface area contributed by atoms with Gasteiger partial charge in [-0.05, 0) is 109 Å². The number of halogens is 1. The summed E-state index contributed by atoms with van der Waals surface area (Å²) in [7, 11) is 1.40. The van der Waals surface area contributed by atoms with Crippen LogP contribution in [0.4, 0.5) is 37.8 Å². The van der Waals surface area contributed by atoms with Crippen molar-refractivity contribution in [3.05, 3.63) is 112 Å². The number of carbonyl (C=O) groups is 4. The third-order valence-electron chi connectivity index (χ3n) is 13.0. The molecular formula is C48H52FN9O5. The van der Waals surface area contributed by atoms with Gasteiger partial charge in [-0.1, -0.05) is 12.1 Å². The second-order valence-electron chi connectivity index (χ2n) is 16.8. The normalized spacial score (nSPS) is 17.0. The van der Waals surface area contributed by atoms with Crippen molar-refractivity contribution in [2.24, 2.45) is 5.92 Å². The van der Waals surface area contributed by atoms with Gasteiger partial charge in [0.2, 0.25) is 5.91 Å². The molecule has 1 aromatic heterocycles. The molecule has 3 N–H and O–H groups in total. The minimum absolute atomic E-state index is 0.169. The second kappa shape index (κ2) is 17.9. The third-order valence-corrected chi connectivity index (χ3v) is 13.0. The molecule has 0 radical (unpaired) electrons. The van der Waals surface area contributed by atoms with Gasteiger partial charge >= 0.3 is 6.03 Å². The van der Waals surface area contributed by atoms with E-state index in [1.165, 1.54) is 42.2 Å². The van der Waals surface area contributed by atoms with Gasteiger partial charge in [-0.15, -0.1) is 0 Å². The molecule has 326 valence electrons. The molecule has 5 aromatic rings. The van der Waals surface area contributed by atoms with E-state index >= 15 is 0 Å². The van der Waals surface area contributed by atoms with Crippen LogP contribution in [0.25, 0.3) is 11.3 Å². The number of nitrogens with zero attached hydrogens (tertiary/aromatic N) is 6. The number of amides is 4. The Kier molecular flexibility index (Phi) is 11.8. The van der Waals surface area contributed by atoms with E-state index in [4.69, 9.17) is 9.84 Å². The number of anilines is 5. The molecule has 0 atom stereocenters. The van der Waals surface area contributed by atoms with Crippen LogP contribution < -0.4 is 35.4 Å². The van der Waals surface area contributed by atoms with Gasteiger partial charge in [-0.25, -0.2) is 13.9 Å². The largest absolute Gasteiger partial charge is 0.496 e. The molecule has 4 aliphatic rings. The first kappa shape index (κ1) is 41.6. The third kappa shape index (κ3) is 8.83. The molecule has 3 saturated heterocycles. The van der Waals surface area contributed by atoms with Gasteiger partial charge < -0.3 is 25.2 Å². The molecule has 4 aliphatic heterocycles. The summed E-state index contributed by atoms with van der Waals surface area (Å²) in [5.74, 6) is 0.429. The summed E-state index contributed by atoms with van der Waals surface area (Å²) >= 11 is 0. The fourth-order valence-electron chi connectivity index (χ4n) is 9.30. The quantitative estimate of drug-likeness (QED) is 0.126. The zero-order valence-electron chi connectivity index (χ0n) is 35.7. The number of urea groups is 1. The number of benzene rings is 4. The summed E-state index contributed by atoms with van der Waals surface area (Å²) in [5.41, 5.74) is 9.33. The number of hydrogen-bond donors (Lipinski definition) is 3. The second-order valence-corrected chi connectivity index (χ2v) is 16.8. The number of aromatic nitrogens is 2. The summed E-state index contributed by atoms with van der Waals surface area (Å²) < 4.78 is 20.7. The first-order valence-corrected chi connectivity index (χ1v) is 21.8. The van der Waals surface area contributed by atoms with Gasteiger partial charge in [0.05, 0.1) is 18.2 Å². The Labute approximate surface area is 366 Å². The highest BCUT2D eigenvalue weighted by Gasteiger charge is 2.28. The first-order valence-electron chi connectivity index (χ1n) is 21.8. The molecular weight excluding hydrogens is 802 g/mol. The minimum Gasteiger partial charge on any atom is -0.496 e. The van der Waals surface area contributed by atoms with Crippen LogP contribution in [-0.2, 0) is 24.3 Å². The Morgan fingerprint density at radius 2 is 1.59 bits per heavy atom. The number of ether oxygens (including phenoxy) is 1. The van der Waals surface area contributed by atoms with Crippen LogP contribution in [0, 0.1) is 18.7 Å². The number of nitrogens with one attached hydrogen (secondary N) is 3. The number of methoxy groups -OCH3 is 1. The number of piperazine rings is 1. The molecule has 0 unspecified atom stereocenters. The molecule has 9 rings (SSSR count). The fraction of sp³-hybridized carbons (Fsp3) is 0.354. The highest BCUT2D eigenvalue weighted by atomic mass is 19.1. The molecule has 4 amide bonds. The number of rotatable bonds is 11. The molecule has 15 heteroatoms. The lowest BCUT2D eigenvalue weighted by molar-refractivity contribution is -0.120. The lowest BCUT2D eigenvalue weighted by Crippen LogP contribution is -2.49. The van der Waals surface area contributed by atoms with Crippen LogP contribution in [-0.4, -0.2) is 98.3 Å². The number of carbonyl (C=O) groups excluding carboxylic acids is 4. The van der Waals surface area contributed by atoms with E-state index in [1.54, 1.807) is 4.90 Å². The number of hydrogen-bond acceptors (Lipinski definition) is 10. The summed E-state index contributed by atoms with van der Waals surface area (Å²) in [6, 6.07) is 24.0. The van der Waals surface area contributed by atoms with Crippen LogP contribution in [0.2, 0.25) is 0 Å². The average Bonchev–Trinajstić information content (AvgIpc) is 3.54. The van der Waals surface area contributed by atoms with E-state index in [0.29, 0.717) is 42.5 Å². The molecule has 0 saturated carbocycles. The molecule has 4 aromatic carbocycles. The van der Waals surface area contributed by atoms with Crippen molar-refractivity contribution in [2.75, 3.05) is 79.5 Å². The predicted molar refractivity (Wildman–Crippen MR) is 241 cm³/mol. The van der Waals surface area contributed by atoms with E-state index in [-0.39, 0.29) is 35.7 Å². The Morgan fingerprint density at radius 1 is 0.841 bits per heavy atom. The van der Waals surface area contributed by atoms with Gasteiger partial charge in [-0.2, -0.15) is 5.10 Å². The summed E-state index contributed by atoms with van der Waals surface area (Å²) in [6.07, 6.45) is 4.24. The van der Waals surface area contributed by atoms with Crippen molar-refractivity contribution in [3.8, 4) is 17.0 Å². The van der Waals surface area contributed by atoms with Gasteiger partial charge in [0.25, 0.3) is 5.91 Å². The van der Waals surface area contributed by atoms with E-state index in [0.717, 1.165) is 99.4 Å². The fourth-order valence-corrected chi connectivity index (χ4v) is 9.30. The van der Waals surface area contributed by atoms with Crippen LogP contribution >= 0.6 is 0 Å². The molecule has 0 aliphatic carbocycles. The van der Waals surface area contributed by atoms with Crippen LogP contribution in [0.5, 0.6) is 5.75 Å². The number of fused-ring (bicyclic) bond motifs is 2. The molecule has 0 bridgehead atoms. The van der Waals surface area contributed by atoms with Crippen LogP contribution in [0.1, 0.15) is 56.7 Å². The van der Waals surface area contributed by atoms with Crippen LogP contribution in [0.3, 0.4) is 0 Å². The van der Waals surface area contributed by atoms with Crippen molar-refractivity contribution in [3.63, 3.8) is 0 Å². The van der Waals surface area contributed by atoms with E-state index in [2.05, 4.69) is 61.0 Å². The maximum absolute atomic E-state index is 13.7. The smallest absolute Gasteiger partial charge is 0.328 e.